The number of aromatic nitrogens is 3. The van der Waals surface area contributed by atoms with Crippen LogP contribution in [0.1, 0.15) is 5.56 Å². The van der Waals surface area contributed by atoms with E-state index < -0.39 is 5.91 Å². The Labute approximate surface area is 142 Å². The third-order valence-corrected chi connectivity index (χ3v) is 3.97. The average Bonchev–Trinajstić information content (AvgIpc) is 3.01. The van der Waals surface area contributed by atoms with E-state index in [0.717, 1.165) is 33.0 Å². The van der Waals surface area contributed by atoms with Crippen molar-refractivity contribution in [3.63, 3.8) is 0 Å². The van der Waals surface area contributed by atoms with E-state index in [0.29, 0.717) is 5.65 Å². The molecule has 0 aliphatic rings. The van der Waals surface area contributed by atoms with Crippen molar-refractivity contribution in [3.05, 3.63) is 66.4 Å². The summed E-state index contributed by atoms with van der Waals surface area (Å²) < 4.78 is 13.5. The van der Waals surface area contributed by atoms with Gasteiger partial charge in [-0.2, -0.15) is 0 Å². The second-order valence-corrected chi connectivity index (χ2v) is 5.66. The topological polar surface area (TPSA) is 84.7 Å². The summed E-state index contributed by atoms with van der Waals surface area (Å²) in [7, 11) is 0. The first-order valence-corrected chi connectivity index (χ1v) is 7.60. The fourth-order valence-electron chi connectivity index (χ4n) is 2.75. The summed E-state index contributed by atoms with van der Waals surface area (Å²) in [5, 5.41) is 1.58. The predicted octanol–water partition coefficient (Wildman–Crippen LogP) is 3.42. The van der Waals surface area contributed by atoms with Crippen molar-refractivity contribution >= 4 is 33.9 Å². The summed E-state index contributed by atoms with van der Waals surface area (Å²) in [6.07, 6.45) is 8.16. The Bertz CT molecular complexity index is 1150. The van der Waals surface area contributed by atoms with Crippen LogP contribution in [0, 0.1) is 5.82 Å². The number of primary amides is 1. The lowest BCUT2D eigenvalue weighted by atomic mass is 10.1. The Hall–Kier alpha value is -3.54. The van der Waals surface area contributed by atoms with Gasteiger partial charge in [0.1, 0.15) is 11.5 Å². The van der Waals surface area contributed by atoms with E-state index in [1.165, 1.54) is 18.2 Å². The van der Waals surface area contributed by atoms with E-state index in [2.05, 4.69) is 15.0 Å². The highest BCUT2D eigenvalue weighted by Crippen LogP contribution is 2.27. The van der Waals surface area contributed by atoms with Crippen LogP contribution in [0.25, 0.3) is 39.1 Å². The minimum atomic E-state index is -0.515. The monoisotopic (exact) mass is 332 g/mol. The van der Waals surface area contributed by atoms with E-state index in [1.54, 1.807) is 30.7 Å². The standard InChI is InChI=1S/C19H13FN4O/c20-15-2-3-17-12(6-15)5-13(9-22-17)14-7-16-11(1-4-18(21)25)8-23-19(16)24-10-14/h1-10H,(H2,21,25)(H,23,24)/b4-1+. The second-order valence-electron chi connectivity index (χ2n) is 5.66. The molecule has 0 atom stereocenters. The molecule has 0 aliphatic heterocycles. The zero-order valence-corrected chi connectivity index (χ0v) is 13.0. The molecular weight excluding hydrogens is 319 g/mol. The lowest BCUT2D eigenvalue weighted by Gasteiger charge is -2.04. The van der Waals surface area contributed by atoms with Gasteiger partial charge in [-0.25, -0.2) is 9.37 Å². The van der Waals surface area contributed by atoms with Gasteiger partial charge in [0.2, 0.25) is 5.91 Å². The largest absolute Gasteiger partial charge is 0.366 e. The van der Waals surface area contributed by atoms with Crippen LogP contribution >= 0.6 is 0 Å². The molecule has 0 bridgehead atoms. The molecular formula is C19H13FN4O. The molecule has 0 unspecified atom stereocenters. The van der Waals surface area contributed by atoms with E-state index in [4.69, 9.17) is 5.73 Å². The van der Waals surface area contributed by atoms with Crippen LogP contribution in [0.2, 0.25) is 0 Å². The number of rotatable bonds is 3. The number of carbonyl (C=O) groups excluding carboxylic acids is 1. The van der Waals surface area contributed by atoms with Crippen molar-refractivity contribution in [3.8, 4) is 11.1 Å². The Morgan fingerprint density at radius 1 is 1.12 bits per heavy atom. The quantitative estimate of drug-likeness (QED) is 0.564. The molecule has 3 heterocycles. The van der Waals surface area contributed by atoms with Crippen molar-refractivity contribution < 1.29 is 9.18 Å². The highest BCUT2D eigenvalue weighted by atomic mass is 19.1. The van der Waals surface area contributed by atoms with E-state index in [-0.39, 0.29) is 5.82 Å². The number of fused-ring (bicyclic) bond motifs is 2. The molecule has 4 aromatic rings. The van der Waals surface area contributed by atoms with Gasteiger partial charge in [0.05, 0.1) is 5.52 Å². The van der Waals surface area contributed by atoms with Gasteiger partial charge in [0, 0.05) is 52.1 Å². The SMILES string of the molecule is NC(=O)/C=C/c1c[nH]c2ncc(-c3cnc4ccc(F)cc4c3)cc12. The lowest BCUT2D eigenvalue weighted by Crippen LogP contribution is -2.04. The van der Waals surface area contributed by atoms with Gasteiger partial charge < -0.3 is 10.7 Å². The first kappa shape index (κ1) is 15.0. The van der Waals surface area contributed by atoms with Gasteiger partial charge in [-0.3, -0.25) is 9.78 Å². The van der Waals surface area contributed by atoms with Gasteiger partial charge in [-0.15, -0.1) is 0 Å². The molecule has 3 N–H and O–H groups in total. The number of amides is 1. The van der Waals surface area contributed by atoms with Crippen molar-refractivity contribution in [1.82, 2.24) is 15.0 Å². The molecule has 0 fully saturated rings. The van der Waals surface area contributed by atoms with Gasteiger partial charge in [-0.05, 0) is 36.4 Å². The summed E-state index contributed by atoms with van der Waals surface area (Å²) in [5.74, 6) is -0.816. The molecule has 1 amide bonds. The third kappa shape index (κ3) is 2.85. The van der Waals surface area contributed by atoms with Crippen molar-refractivity contribution in [2.45, 2.75) is 0 Å². The number of nitrogens with one attached hydrogen (secondary N) is 1. The summed E-state index contributed by atoms with van der Waals surface area (Å²) in [6.45, 7) is 0. The molecule has 0 aliphatic carbocycles. The predicted molar refractivity (Wildman–Crippen MR) is 95.0 cm³/mol. The number of carbonyl (C=O) groups is 1. The number of pyridine rings is 2. The van der Waals surface area contributed by atoms with Crippen molar-refractivity contribution in [1.29, 1.82) is 0 Å². The zero-order valence-electron chi connectivity index (χ0n) is 13.0. The Kier molecular flexibility index (Phi) is 3.50. The molecule has 0 spiro atoms. The molecule has 5 nitrogen and oxygen atoms in total. The van der Waals surface area contributed by atoms with Crippen LogP contribution in [-0.4, -0.2) is 20.9 Å². The van der Waals surface area contributed by atoms with Gasteiger partial charge in [0.15, 0.2) is 0 Å². The minimum Gasteiger partial charge on any atom is -0.366 e. The Balaban J connectivity index is 1.83. The number of nitrogens with two attached hydrogens (primary N) is 1. The van der Waals surface area contributed by atoms with Crippen LogP contribution in [0.15, 0.2) is 55.0 Å². The number of hydrogen-bond acceptors (Lipinski definition) is 3. The van der Waals surface area contributed by atoms with Crippen molar-refractivity contribution in [2.24, 2.45) is 5.73 Å². The maximum atomic E-state index is 13.5. The maximum Gasteiger partial charge on any atom is 0.241 e. The van der Waals surface area contributed by atoms with Gasteiger partial charge in [-0.1, -0.05) is 0 Å². The number of nitrogens with zero attached hydrogens (tertiary/aromatic N) is 2. The second kappa shape index (κ2) is 5.83. The number of hydrogen-bond donors (Lipinski definition) is 2. The molecule has 6 heteroatoms. The van der Waals surface area contributed by atoms with Crippen LogP contribution < -0.4 is 5.73 Å². The molecule has 1 aromatic carbocycles. The fraction of sp³-hybridized carbons (Fsp3) is 0. The Morgan fingerprint density at radius 3 is 2.76 bits per heavy atom. The zero-order chi connectivity index (χ0) is 17.4. The molecule has 0 radical (unpaired) electrons. The van der Waals surface area contributed by atoms with Crippen LogP contribution in [0.4, 0.5) is 4.39 Å². The first-order chi connectivity index (χ1) is 12.1. The molecule has 3 aromatic heterocycles. The molecule has 4 rings (SSSR count). The highest BCUT2D eigenvalue weighted by molar-refractivity contribution is 5.96. The summed E-state index contributed by atoms with van der Waals surface area (Å²) >= 11 is 0. The number of H-pyrrole nitrogens is 1. The van der Waals surface area contributed by atoms with Gasteiger partial charge in [0.25, 0.3) is 0 Å². The fourth-order valence-corrected chi connectivity index (χ4v) is 2.75. The number of benzene rings is 1. The van der Waals surface area contributed by atoms with E-state index in [9.17, 15) is 9.18 Å². The molecule has 0 saturated carbocycles. The maximum absolute atomic E-state index is 13.5. The third-order valence-electron chi connectivity index (χ3n) is 3.97. The number of halogens is 1. The van der Waals surface area contributed by atoms with E-state index in [1.807, 2.05) is 12.1 Å². The summed E-state index contributed by atoms with van der Waals surface area (Å²) in [6, 6.07) is 8.31. The smallest absolute Gasteiger partial charge is 0.241 e. The van der Waals surface area contributed by atoms with E-state index >= 15 is 0 Å². The van der Waals surface area contributed by atoms with Crippen LogP contribution in [0.3, 0.4) is 0 Å². The normalized spacial score (nSPS) is 11.6. The molecule has 0 saturated heterocycles. The summed E-state index contributed by atoms with van der Waals surface area (Å²) in [4.78, 5) is 22.8. The highest BCUT2D eigenvalue weighted by Gasteiger charge is 2.07. The van der Waals surface area contributed by atoms with Crippen molar-refractivity contribution in [2.75, 3.05) is 0 Å². The molecule has 25 heavy (non-hydrogen) atoms. The number of aromatic amines is 1. The van der Waals surface area contributed by atoms with Gasteiger partial charge >= 0.3 is 0 Å². The average molecular weight is 332 g/mol. The van der Waals surface area contributed by atoms with Crippen LogP contribution in [-0.2, 0) is 4.79 Å². The Morgan fingerprint density at radius 2 is 1.92 bits per heavy atom. The molecule has 122 valence electrons. The lowest BCUT2D eigenvalue weighted by molar-refractivity contribution is -0.113. The first-order valence-electron chi connectivity index (χ1n) is 7.60. The summed E-state index contributed by atoms with van der Waals surface area (Å²) in [5.41, 5.74) is 9.06. The van der Waals surface area contributed by atoms with Crippen LogP contribution in [0.5, 0.6) is 0 Å². The minimum absolute atomic E-state index is 0.301.